The molecule has 2 N–H and O–H groups in total. The first-order valence-electron chi connectivity index (χ1n) is 8.19. The lowest BCUT2D eigenvalue weighted by atomic mass is 9.78. The van der Waals surface area contributed by atoms with Crippen molar-refractivity contribution in [2.75, 3.05) is 11.5 Å². The van der Waals surface area contributed by atoms with Gasteiger partial charge in [-0.25, -0.2) is 4.79 Å². The van der Waals surface area contributed by atoms with Gasteiger partial charge in [0.1, 0.15) is 0 Å². The summed E-state index contributed by atoms with van der Waals surface area (Å²) in [7, 11) is 0. The Kier molecular flexibility index (Phi) is 7.83. The number of thioether (sulfide) groups is 2. The van der Waals surface area contributed by atoms with E-state index in [9.17, 15) is 9.59 Å². The molecule has 6 nitrogen and oxygen atoms in total. The summed E-state index contributed by atoms with van der Waals surface area (Å²) in [6, 6.07) is -0.253. The third-order valence-corrected chi connectivity index (χ3v) is 7.33. The Morgan fingerprint density at radius 3 is 2.62 bits per heavy atom. The number of imide groups is 1. The number of carbonyl (C=O) groups excluding carboxylic acids is 2. The first-order valence-corrected chi connectivity index (χ1v) is 11.0. The molecule has 1 saturated carbocycles. The van der Waals surface area contributed by atoms with Gasteiger partial charge in [0.2, 0.25) is 5.91 Å². The summed E-state index contributed by atoms with van der Waals surface area (Å²) >= 11 is 4.40. The molecule has 1 aromatic rings. The average Bonchev–Trinajstić information content (AvgIpc) is 2.98. The molecular weight excluding hydrogens is 364 g/mol. The van der Waals surface area contributed by atoms with Gasteiger partial charge in [-0.1, -0.05) is 68.5 Å². The zero-order chi connectivity index (χ0) is 17.5. The van der Waals surface area contributed by atoms with Crippen LogP contribution < -0.4 is 10.6 Å². The van der Waals surface area contributed by atoms with Crippen LogP contribution in [-0.2, 0) is 4.79 Å². The molecule has 0 radical (unpaired) electrons. The van der Waals surface area contributed by atoms with E-state index in [0.717, 1.165) is 27.3 Å². The van der Waals surface area contributed by atoms with Gasteiger partial charge in [-0.2, -0.15) is 0 Å². The Balaban J connectivity index is 1.72. The van der Waals surface area contributed by atoms with Crippen molar-refractivity contribution >= 4 is 46.8 Å². The maximum Gasteiger partial charge on any atom is 0.321 e. The first-order chi connectivity index (χ1) is 11.5. The van der Waals surface area contributed by atoms with E-state index in [-0.39, 0.29) is 17.7 Å². The van der Waals surface area contributed by atoms with Gasteiger partial charge in [0.25, 0.3) is 0 Å². The molecule has 0 bridgehead atoms. The lowest BCUT2D eigenvalue weighted by molar-refractivity contribution is -0.117. The Bertz CT molecular complexity index is 567. The fourth-order valence-electron chi connectivity index (χ4n) is 2.72. The third-order valence-electron chi connectivity index (χ3n) is 4.26. The van der Waals surface area contributed by atoms with Crippen molar-refractivity contribution in [1.29, 1.82) is 0 Å². The smallest absolute Gasteiger partial charge is 0.321 e. The average molecular weight is 389 g/mol. The van der Waals surface area contributed by atoms with Crippen LogP contribution >= 0.6 is 34.9 Å². The van der Waals surface area contributed by atoms with E-state index in [4.69, 9.17) is 0 Å². The number of aromatic nitrogens is 2. The molecule has 1 fully saturated rings. The molecule has 9 heteroatoms. The summed E-state index contributed by atoms with van der Waals surface area (Å²) in [6.07, 6.45) is 3.30. The predicted octanol–water partition coefficient (Wildman–Crippen LogP) is 3.39. The van der Waals surface area contributed by atoms with E-state index in [2.05, 4.69) is 41.6 Å². The molecule has 1 aromatic heterocycles. The number of rotatable bonds is 6. The van der Waals surface area contributed by atoms with Gasteiger partial charge in [-0.3, -0.25) is 10.1 Å². The Hall–Kier alpha value is -0.800. The monoisotopic (exact) mass is 388 g/mol. The number of carbonyl (C=O) groups is 2. The Morgan fingerprint density at radius 1 is 1.21 bits per heavy atom. The van der Waals surface area contributed by atoms with Gasteiger partial charge in [0, 0.05) is 6.04 Å². The van der Waals surface area contributed by atoms with E-state index in [0.29, 0.717) is 11.8 Å². The van der Waals surface area contributed by atoms with Gasteiger partial charge in [-0.05, 0) is 24.0 Å². The molecule has 0 saturated heterocycles. The van der Waals surface area contributed by atoms with Crippen LogP contribution in [0.25, 0.3) is 0 Å². The molecule has 3 atom stereocenters. The van der Waals surface area contributed by atoms with Crippen molar-refractivity contribution < 1.29 is 9.59 Å². The van der Waals surface area contributed by atoms with E-state index in [1.165, 1.54) is 29.5 Å². The largest absolute Gasteiger partial charge is 0.335 e. The van der Waals surface area contributed by atoms with Crippen LogP contribution in [0.5, 0.6) is 0 Å². The number of nitrogens with one attached hydrogen (secondary N) is 2. The zero-order valence-corrected chi connectivity index (χ0v) is 16.7. The fourth-order valence-corrected chi connectivity index (χ4v) is 5.43. The van der Waals surface area contributed by atoms with Crippen molar-refractivity contribution in [2.24, 2.45) is 11.8 Å². The minimum Gasteiger partial charge on any atom is -0.335 e. The molecule has 2 rings (SSSR count). The fraction of sp³-hybridized carbons (Fsp3) is 0.733. The molecule has 0 aliphatic heterocycles. The standard InChI is InChI=1S/C15H24N4O2S3/c1-4-22-14-18-19-15(24-14)23-8-12(20)17-13(21)16-11-7-5-6-9(2)10(11)3/h9-11H,4-8H2,1-3H3,(H2,16,17,20,21)/t9-,10+,11+/m1/s1. The van der Waals surface area contributed by atoms with Gasteiger partial charge in [0.15, 0.2) is 8.68 Å². The van der Waals surface area contributed by atoms with Crippen molar-refractivity contribution in [3.05, 3.63) is 0 Å². The van der Waals surface area contributed by atoms with Crippen LogP contribution in [-0.4, -0.2) is 39.7 Å². The second kappa shape index (κ2) is 9.62. The molecule has 134 valence electrons. The van der Waals surface area contributed by atoms with Gasteiger partial charge in [0.05, 0.1) is 5.75 Å². The lowest BCUT2D eigenvalue weighted by Gasteiger charge is -2.34. The molecule has 0 spiro atoms. The molecule has 24 heavy (non-hydrogen) atoms. The topological polar surface area (TPSA) is 84.0 Å². The number of nitrogens with zero attached hydrogens (tertiary/aromatic N) is 2. The summed E-state index contributed by atoms with van der Waals surface area (Å²) < 4.78 is 1.65. The first kappa shape index (κ1) is 19.5. The van der Waals surface area contributed by atoms with E-state index < -0.39 is 6.03 Å². The molecule has 1 aliphatic carbocycles. The van der Waals surface area contributed by atoms with E-state index in [1.54, 1.807) is 11.8 Å². The summed E-state index contributed by atoms with van der Waals surface area (Å²) in [5.41, 5.74) is 0. The van der Waals surface area contributed by atoms with Crippen LogP contribution in [0.15, 0.2) is 8.68 Å². The highest BCUT2D eigenvalue weighted by atomic mass is 32.2. The summed E-state index contributed by atoms with van der Waals surface area (Å²) in [4.78, 5) is 23.9. The minimum atomic E-state index is -0.397. The van der Waals surface area contributed by atoms with E-state index >= 15 is 0 Å². The molecule has 0 unspecified atom stereocenters. The van der Waals surface area contributed by atoms with Crippen LogP contribution in [0.2, 0.25) is 0 Å². The Labute approximate surface area is 155 Å². The van der Waals surface area contributed by atoms with Gasteiger partial charge < -0.3 is 5.32 Å². The van der Waals surface area contributed by atoms with Crippen LogP contribution in [0, 0.1) is 11.8 Å². The highest BCUT2D eigenvalue weighted by Gasteiger charge is 2.28. The molecule has 1 heterocycles. The minimum absolute atomic E-state index is 0.144. The second-order valence-corrected chi connectivity index (χ2v) is 9.66. The summed E-state index contributed by atoms with van der Waals surface area (Å²) in [5, 5.41) is 13.4. The highest BCUT2D eigenvalue weighted by molar-refractivity contribution is 8.03. The predicted molar refractivity (Wildman–Crippen MR) is 99.7 cm³/mol. The van der Waals surface area contributed by atoms with Gasteiger partial charge >= 0.3 is 6.03 Å². The van der Waals surface area contributed by atoms with Crippen molar-refractivity contribution in [2.45, 2.75) is 54.8 Å². The van der Waals surface area contributed by atoms with Crippen LogP contribution in [0.4, 0.5) is 4.79 Å². The quantitative estimate of drug-likeness (QED) is 0.727. The van der Waals surface area contributed by atoms with E-state index in [1.807, 2.05) is 0 Å². The van der Waals surface area contributed by atoms with Crippen molar-refractivity contribution in [3.8, 4) is 0 Å². The van der Waals surface area contributed by atoms with Crippen molar-refractivity contribution in [1.82, 2.24) is 20.8 Å². The molecular formula is C15H24N4O2S3. The third kappa shape index (κ3) is 5.93. The second-order valence-electron chi connectivity index (χ2n) is 5.95. The summed E-state index contributed by atoms with van der Waals surface area (Å²) in [5.74, 6) is 1.83. The van der Waals surface area contributed by atoms with Crippen molar-refractivity contribution in [3.63, 3.8) is 0 Å². The Morgan fingerprint density at radius 2 is 1.92 bits per heavy atom. The normalized spacial score (nSPS) is 23.7. The van der Waals surface area contributed by atoms with Crippen LogP contribution in [0.3, 0.4) is 0 Å². The maximum atomic E-state index is 12.0. The maximum absolute atomic E-state index is 12.0. The number of hydrogen-bond donors (Lipinski definition) is 2. The molecule has 1 aliphatic rings. The zero-order valence-electron chi connectivity index (χ0n) is 14.2. The molecule has 3 amide bonds. The molecule has 0 aromatic carbocycles. The number of amides is 3. The number of urea groups is 1. The highest BCUT2D eigenvalue weighted by Crippen LogP contribution is 2.30. The van der Waals surface area contributed by atoms with Crippen LogP contribution in [0.1, 0.15) is 40.0 Å². The van der Waals surface area contributed by atoms with Gasteiger partial charge in [-0.15, -0.1) is 10.2 Å². The SMILES string of the molecule is CCSc1nnc(SCC(=O)NC(=O)N[C@H]2CCC[C@@H](C)[C@@H]2C)s1. The lowest BCUT2D eigenvalue weighted by Crippen LogP contribution is -2.49. The number of hydrogen-bond acceptors (Lipinski definition) is 7. The summed E-state index contributed by atoms with van der Waals surface area (Å²) in [6.45, 7) is 6.43.